The predicted octanol–water partition coefficient (Wildman–Crippen LogP) is 35.0. The highest BCUT2D eigenvalue weighted by molar-refractivity contribution is 7.26. The van der Waals surface area contributed by atoms with Gasteiger partial charge in [-0.15, -0.1) is 11.3 Å². The Morgan fingerprint density at radius 1 is 0.142 bits per heavy atom. The molecule has 0 aliphatic heterocycles. The number of benzene rings is 22. The molecule has 31 aromatic rings. The van der Waals surface area contributed by atoms with Gasteiger partial charge in [-0.25, -0.2) is 34.9 Å². The minimum atomic E-state index is 0.651. The van der Waals surface area contributed by atoms with Gasteiger partial charge in [0.05, 0.1) is 93.5 Å². The first-order chi connectivity index (χ1) is 73.5. The van der Waals surface area contributed by atoms with Crippen LogP contribution in [0.1, 0.15) is 0 Å². The number of thiophene rings is 1. The van der Waals surface area contributed by atoms with Gasteiger partial charge >= 0.3 is 0 Å². The van der Waals surface area contributed by atoms with Crippen LogP contribution in [0, 0.1) is 0 Å². The minimum Gasteiger partial charge on any atom is -0.308 e. The minimum absolute atomic E-state index is 0.651. The Balaban J connectivity index is 0.000000105. The zero-order chi connectivity index (χ0) is 97.4. The van der Waals surface area contributed by atoms with Crippen LogP contribution < -0.4 is 0 Å². The molecule has 0 saturated heterocycles. The van der Waals surface area contributed by atoms with Gasteiger partial charge in [-0.05, 0) is 161 Å². The number of nitrogens with zero attached hydrogens (tertiary/aromatic N) is 12. The van der Waals surface area contributed by atoms with Crippen molar-refractivity contribution in [2.45, 2.75) is 0 Å². The fourth-order valence-corrected chi connectivity index (χ4v) is 24.0. The standard InChI is InChI=1S/2C48H30N4.C39H24N4S/c1-3-15-31(16-4-1)45-46(50-40-24-12-11-23-39(40)49-45)32-27-29-34(30-28-32)52-42-26-14-10-22-38(42)44-36-20-8-7-19-35(36)43-37-21-9-13-25-41(37)51(47(43)48(44)52)33-17-5-2-6-18-33;1-3-15-31(16-4-1)45-37-21-9-12-24-40(37)49-48(50-45)32-27-29-34(30-28-32)52-42-26-14-11-23-39(42)44-36-20-8-7-19-35(36)43-38-22-10-13-25-41(38)51(46(43)47(44)52)33-17-5-2-6-18-33;1-3-11-25(12-4-1)37-40-38(26-13-5-2-6-14-26)42-39(41-37)27-19-21-28(22-20-27)43-33-17-9-7-15-29(33)31-23-24-32-30-16-8-10-18-34(30)44-36(32)35(31)43/h2*1-30H;1-24H. The van der Waals surface area contributed by atoms with Crippen LogP contribution in [-0.2, 0) is 0 Å². The van der Waals surface area contributed by atoms with E-state index in [4.69, 9.17) is 34.9 Å². The molecule has 0 aliphatic carbocycles. The van der Waals surface area contributed by atoms with E-state index in [0.29, 0.717) is 23.3 Å². The fraction of sp³-hybridized carbons (Fsp3) is 0. The number of para-hydroxylation sites is 10. The summed E-state index contributed by atoms with van der Waals surface area (Å²) in [5.74, 6) is 2.68. The van der Waals surface area contributed by atoms with Crippen molar-refractivity contribution < 1.29 is 0 Å². The third-order valence-corrected chi connectivity index (χ3v) is 30.4. The Morgan fingerprint density at radius 2 is 0.399 bits per heavy atom. The number of hydrogen-bond acceptors (Lipinski definition) is 8. The zero-order valence-electron chi connectivity index (χ0n) is 79.8. The van der Waals surface area contributed by atoms with E-state index < -0.39 is 0 Å². The van der Waals surface area contributed by atoms with Crippen LogP contribution >= 0.6 is 11.3 Å². The first-order valence-electron chi connectivity index (χ1n) is 50.0. The summed E-state index contributed by atoms with van der Waals surface area (Å²) in [5, 5.41) is 21.2. The molecule has 0 radical (unpaired) electrons. The lowest BCUT2D eigenvalue weighted by Gasteiger charge is -2.15. The summed E-state index contributed by atoms with van der Waals surface area (Å²) < 4.78 is 14.9. The van der Waals surface area contributed by atoms with E-state index in [9.17, 15) is 0 Å². The summed E-state index contributed by atoms with van der Waals surface area (Å²) in [7, 11) is 0. The molecule has 22 aromatic carbocycles. The Morgan fingerprint density at radius 3 is 0.791 bits per heavy atom. The van der Waals surface area contributed by atoms with Gasteiger partial charge in [0.25, 0.3) is 0 Å². The Hall–Kier alpha value is -19.7. The van der Waals surface area contributed by atoms with Gasteiger partial charge in [0, 0.05) is 142 Å². The van der Waals surface area contributed by atoms with Gasteiger partial charge in [0.1, 0.15) is 0 Å². The van der Waals surface area contributed by atoms with E-state index in [1.54, 1.807) is 0 Å². The number of fused-ring (bicyclic) bond motifs is 29. The van der Waals surface area contributed by atoms with E-state index in [1.807, 2.05) is 114 Å². The van der Waals surface area contributed by atoms with Crippen molar-refractivity contribution in [1.29, 1.82) is 0 Å². The maximum Gasteiger partial charge on any atom is 0.164 e. The maximum absolute atomic E-state index is 5.19. The topological polar surface area (TPSA) is 115 Å². The molecule has 0 amide bonds. The van der Waals surface area contributed by atoms with Gasteiger partial charge in [-0.3, -0.25) is 0 Å². The van der Waals surface area contributed by atoms with Crippen LogP contribution in [-0.4, -0.2) is 57.7 Å². The molecule has 690 valence electrons. The van der Waals surface area contributed by atoms with E-state index in [1.165, 1.54) is 151 Å². The third-order valence-electron chi connectivity index (χ3n) is 29.2. The van der Waals surface area contributed by atoms with Crippen molar-refractivity contribution in [3.8, 4) is 108 Å². The van der Waals surface area contributed by atoms with E-state index in [-0.39, 0.29) is 0 Å². The van der Waals surface area contributed by atoms with Gasteiger partial charge in [-0.1, -0.05) is 370 Å². The van der Waals surface area contributed by atoms with Gasteiger partial charge < -0.3 is 22.8 Å². The van der Waals surface area contributed by atoms with Crippen LogP contribution in [0.15, 0.2) is 510 Å². The molecule has 0 N–H and O–H groups in total. The molecule has 148 heavy (non-hydrogen) atoms. The quantitative estimate of drug-likeness (QED) is 0.120. The van der Waals surface area contributed by atoms with Crippen molar-refractivity contribution in [3.63, 3.8) is 0 Å². The normalized spacial score (nSPS) is 11.8. The molecule has 13 heteroatoms. The lowest BCUT2D eigenvalue weighted by Crippen LogP contribution is -2.00. The Labute approximate surface area is 852 Å². The van der Waals surface area contributed by atoms with Crippen molar-refractivity contribution in [1.82, 2.24) is 57.7 Å². The van der Waals surface area contributed by atoms with Crippen molar-refractivity contribution in [3.05, 3.63) is 510 Å². The molecule has 0 bridgehead atoms. The van der Waals surface area contributed by atoms with Gasteiger partial charge in [-0.2, -0.15) is 0 Å². The fourth-order valence-electron chi connectivity index (χ4n) is 22.8. The summed E-state index contributed by atoms with van der Waals surface area (Å²) in [6, 6.07) is 180. The van der Waals surface area contributed by atoms with Crippen LogP contribution in [0.3, 0.4) is 0 Å². The number of hydrogen-bond donors (Lipinski definition) is 0. The second-order valence-electron chi connectivity index (χ2n) is 37.6. The van der Waals surface area contributed by atoms with Crippen LogP contribution in [0.2, 0.25) is 0 Å². The Kier molecular flexibility index (Phi) is 20.2. The first kappa shape index (κ1) is 85.1. The molecule has 0 unspecified atom stereocenters. The van der Waals surface area contributed by atoms with E-state index in [2.05, 4.69) is 429 Å². The number of rotatable bonds is 12. The molecule has 9 aromatic heterocycles. The highest BCUT2D eigenvalue weighted by atomic mass is 32.1. The number of aromatic nitrogens is 12. The SMILES string of the molecule is c1ccc(-c2nc(-c3ccc(-n4c5ccccc5c5c6ccccc6c6c7ccccc7n(-c7ccccc7)c6c54)cc3)nc3ccccc23)cc1.c1ccc(-c2nc(-c3ccccc3)nc(-c3ccc(-n4c5ccccc5c5ccc6c7ccccc7sc6c54)cc3)n2)cc1.c1ccc(-c2nc3ccccc3nc2-c2ccc(-n3c4ccccc4c4c5ccccc5c5c6ccccc6n(-c6ccccc6)c5c43)cc2)cc1. The summed E-state index contributed by atoms with van der Waals surface area (Å²) in [4.78, 5) is 35.2. The molecular weight excluding hydrogens is 1820 g/mol. The lowest BCUT2D eigenvalue weighted by molar-refractivity contribution is 1.07. The molecule has 0 atom stereocenters. The maximum atomic E-state index is 5.19. The highest BCUT2D eigenvalue weighted by Crippen LogP contribution is 2.52. The van der Waals surface area contributed by atoms with Crippen LogP contribution in [0.25, 0.3) is 280 Å². The third kappa shape index (κ3) is 13.9. The second-order valence-corrected chi connectivity index (χ2v) is 38.6. The van der Waals surface area contributed by atoms with Gasteiger partial charge in [0.15, 0.2) is 23.3 Å². The molecular formula is C135H84N12S. The van der Waals surface area contributed by atoms with Crippen molar-refractivity contribution >= 4 is 184 Å². The monoisotopic (exact) mass is 1900 g/mol. The summed E-state index contributed by atoms with van der Waals surface area (Å²) in [6.07, 6.45) is 0. The van der Waals surface area contributed by atoms with Crippen molar-refractivity contribution in [2.24, 2.45) is 0 Å². The highest BCUT2D eigenvalue weighted by Gasteiger charge is 2.30. The second kappa shape index (κ2) is 35.2. The molecule has 9 heterocycles. The van der Waals surface area contributed by atoms with Crippen LogP contribution in [0.5, 0.6) is 0 Å². The molecule has 0 aliphatic rings. The zero-order valence-corrected chi connectivity index (χ0v) is 80.6. The van der Waals surface area contributed by atoms with Gasteiger partial charge in [0.2, 0.25) is 0 Å². The van der Waals surface area contributed by atoms with Crippen LogP contribution in [0.4, 0.5) is 0 Å². The largest absolute Gasteiger partial charge is 0.308 e. The molecule has 12 nitrogen and oxygen atoms in total. The first-order valence-corrected chi connectivity index (χ1v) is 50.8. The molecule has 0 saturated carbocycles. The van der Waals surface area contributed by atoms with E-state index >= 15 is 0 Å². The Bertz CT molecular complexity index is 10700. The molecule has 0 spiro atoms. The molecule has 31 rings (SSSR count). The predicted molar refractivity (Wildman–Crippen MR) is 617 cm³/mol. The summed E-state index contributed by atoms with van der Waals surface area (Å²) in [5.41, 5.74) is 29.9. The van der Waals surface area contributed by atoms with Crippen molar-refractivity contribution in [2.75, 3.05) is 0 Å². The lowest BCUT2D eigenvalue weighted by atomic mass is 9.98. The average molecular weight is 1910 g/mol. The smallest absolute Gasteiger partial charge is 0.164 e. The van der Waals surface area contributed by atoms with E-state index in [0.717, 1.165) is 106 Å². The molecule has 0 fully saturated rings. The average Bonchev–Trinajstić information content (AvgIpc) is 1.53. The summed E-state index contributed by atoms with van der Waals surface area (Å²) >= 11 is 1.87. The summed E-state index contributed by atoms with van der Waals surface area (Å²) in [6.45, 7) is 0.